The van der Waals surface area contributed by atoms with Gasteiger partial charge >= 0.3 is 0 Å². The van der Waals surface area contributed by atoms with E-state index in [0.29, 0.717) is 0 Å². The van der Waals surface area contributed by atoms with Gasteiger partial charge in [-0.15, -0.1) is 11.8 Å². The molecule has 70 valence electrons. The fourth-order valence-electron chi connectivity index (χ4n) is 0.827. The minimum absolute atomic E-state index is 0.754. The molecular formula is C9H13N3S. The molecule has 0 fully saturated rings. The Kier molecular flexibility index (Phi) is 3.19. The fourth-order valence-corrected chi connectivity index (χ4v) is 1.03. The Balaban J connectivity index is 2.69. The molecule has 0 aromatic carbocycles. The number of hydrogen-bond acceptors (Lipinski definition) is 4. The first-order valence-corrected chi connectivity index (χ1v) is 5.04. The second-order valence-electron chi connectivity index (χ2n) is 2.59. The summed E-state index contributed by atoms with van der Waals surface area (Å²) < 4.78 is 0. The number of nitrogens with one attached hydrogen (secondary N) is 1. The van der Waals surface area contributed by atoms with Crippen molar-refractivity contribution in [2.75, 3.05) is 13.3 Å². The summed E-state index contributed by atoms with van der Waals surface area (Å²) in [5.74, 6) is 0.754. The zero-order chi connectivity index (χ0) is 9.84. The molecule has 0 radical (unpaired) electrons. The van der Waals surface area contributed by atoms with Crippen molar-refractivity contribution in [3.63, 3.8) is 0 Å². The van der Waals surface area contributed by atoms with Crippen LogP contribution in [0.3, 0.4) is 0 Å². The second kappa shape index (κ2) is 4.18. The Morgan fingerprint density at radius 2 is 2.38 bits per heavy atom. The van der Waals surface area contributed by atoms with E-state index in [1.54, 1.807) is 18.0 Å². The molecule has 1 rings (SSSR count). The lowest BCUT2D eigenvalue weighted by Crippen LogP contribution is -2.30. The average Bonchev–Trinajstić information content (AvgIpc) is 2.13. The van der Waals surface area contributed by atoms with Crippen LogP contribution < -0.4 is 5.32 Å². The number of nitrogens with zero attached hydrogens (tertiary/aromatic N) is 2. The molecule has 1 heterocycles. The molecule has 1 aliphatic heterocycles. The van der Waals surface area contributed by atoms with E-state index in [2.05, 4.69) is 23.5 Å². The van der Waals surface area contributed by atoms with Gasteiger partial charge in [0.2, 0.25) is 0 Å². The van der Waals surface area contributed by atoms with Gasteiger partial charge in [0.1, 0.15) is 0 Å². The van der Waals surface area contributed by atoms with Crippen molar-refractivity contribution in [2.24, 2.45) is 4.99 Å². The second-order valence-corrected chi connectivity index (χ2v) is 3.49. The summed E-state index contributed by atoms with van der Waals surface area (Å²) in [6.45, 7) is 7.71. The predicted molar refractivity (Wildman–Crippen MR) is 59.3 cm³/mol. The lowest BCUT2D eigenvalue weighted by molar-refractivity contribution is 0.589. The van der Waals surface area contributed by atoms with Gasteiger partial charge in [0.05, 0.1) is 10.7 Å². The zero-order valence-corrected chi connectivity index (χ0v) is 8.69. The maximum atomic E-state index is 4.16. The van der Waals surface area contributed by atoms with Crippen molar-refractivity contribution in [1.29, 1.82) is 0 Å². The minimum Gasteiger partial charge on any atom is -0.347 e. The van der Waals surface area contributed by atoms with Crippen LogP contribution >= 0.6 is 11.8 Å². The normalized spacial score (nSPS) is 15.7. The molecule has 0 aliphatic carbocycles. The summed E-state index contributed by atoms with van der Waals surface area (Å²) in [6, 6.07) is 0. The Morgan fingerprint density at radius 1 is 1.69 bits per heavy atom. The van der Waals surface area contributed by atoms with Gasteiger partial charge in [0.15, 0.2) is 5.84 Å². The molecule has 0 amide bonds. The Bertz CT molecular complexity index is 291. The first-order chi connectivity index (χ1) is 6.15. The summed E-state index contributed by atoms with van der Waals surface area (Å²) in [4.78, 5) is 6.06. The van der Waals surface area contributed by atoms with Crippen LogP contribution in [-0.2, 0) is 0 Å². The molecule has 0 aromatic rings. The summed E-state index contributed by atoms with van der Waals surface area (Å²) >= 11 is 1.55. The zero-order valence-electron chi connectivity index (χ0n) is 7.87. The third kappa shape index (κ3) is 2.39. The maximum Gasteiger partial charge on any atom is 0.154 e. The third-order valence-electron chi connectivity index (χ3n) is 1.70. The standard InChI is InChI=1S/C9H13N3S/c1-7-9(11-8(2)13-4)10-5-6-12(7)3/h5-6H,1-2H2,3-4H3,(H,10,11). The van der Waals surface area contributed by atoms with E-state index in [-0.39, 0.29) is 0 Å². The molecule has 1 aliphatic rings. The largest absolute Gasteiger partial charge is 0.347 e. The molecular weight excluding hydrogens is 182 g/mol. The SMILES string of the molecule is C=C(NC1=NC=CN(C)C1=C)SC. The molecule has 0 atom stereocenters. The minimum atomic E-state index is 0.754. The Morgan fingerprint density at radius 3 is 3.00 bits per heavy atom. The van der Waals surface area contributed by atoms with Crippen molar-refractivity contribution in [3.05, 3.63) is 36.3 Å². The maximum absolute atomic E-state index is 4.16. The van der Waals surface area contributed by atoms with Crippen LogP contribution in [0.1, 0.15) is 0 Å². The van der Waals surface area contributed by atoms with Gasteiger partial charge in [-0.1, -0.05) is 13.2 Å². The van der Waals surface area contributed by atoms with Gasteiger partial charge in [-0.05, 0) is 6.26 Å². The summed E-state index contributed by atoms with van der Waals surface area (Å²) in [5.41, 5.74) is 0.845. The molecule has 0 bridgehead atoms. The van der Waals surface area contributed by atoms with E-state index in [4.69, 9.17) is 0 Å². The van der Waals surface area contributed by atoms with E-state index in [1.807, 2.05) is 24.4 Å². The molecule has 3 nitrogen and oxygen atoms in total. The first-order valence-electron chi connectivity index (χ1n) is 3.81. The van der Waals surface area contributed by atoms with Crippen LogP contribution in [0.15, 0.2) is 41.3 Å². The quantitative estimate of drug-likeness (QED) is 0.727. The van der Waals surface area contributed by atoms with E-state index < -0.39 is 0 Å². The summed E-state index contributed by atoms with van der Waals surface area (Å²) in [6.07, 6.45) is 5.54. The molecule has 13 heavy (non-hydrogen) atoms. The highest BCUT2D eigenvalue weighted by molar-refractivity contribution is 8.02. The highest BCUT2D eigenvalue weighted by atomic mass is 32.2. The number of thioether (sulfide) groups is 1. The fraction of sp³-hybridized carbons (Fsp3) is 0.222. The molecule has 0 spiro atoms. The van der Waals surface area contributed by atoms with Crippen molar-refractivity contribution in [2.45, 2.75) is 0 Å². The molecule has 1 N–H and O–H groups in total. The van der Waals surface area contributed by atoms with Gasteiger partial charge < -0.3 is 10.2 Å². The predicted octanol–water partition coefficient (Wildman–Crippen LogP) is 1.74. The first kappa shape index (κ1) is 9.92. The number of hydrogen-bond donors (Lipinski definition) is 1. The van der Waals surface area contributed by atoms with Gasteiger partial charge in [-0.3, -0.25) is 0 Å². The van der Waals surface area contributed by atoms with Gasteiger partial charge in [0.25, 0.3) is 0 Å². The van der Waals surface area contributed by atoms with Crippen LogP contribution in [0.2, 0.25) is 0 Å². The topological polar surface area (TPSA) is 27.6 Å². The number of likely N-dealkylation sites (N-methyl/N-ethyl adjacent to an activating group) is 1. The monoisotopic (exact) mass is 195 g/mol. The van der Waals surface area contributed by atoms with Crippen molar-refractivity contribution < 1.29 is 0 Å². The van der Waals surface area contributed by atoms with Crippen molar-refractivity contribution in [1.82, 2.24) is 10.2 Å². The van der Waals surface area contributed by atoms with Gasteiger partial charge in [-0.2, -0.15) is 0 Å². The van der Waals surface area contributed by atoms with E-state index in [1.165, 1.54) is 0 Å². The number of aliphatic imine (C=N–C) groups is 1. The molecule has 0 unspecified atom stereocenters. The lowest BCUT2D eigenvalue weighted by Gasteiger charge is -2.22. The van der Waals surface area contributed by atoms with Crippen LogP contribution in [-0.4, -0.2) is 24.0 Å². The number of rotatable bonds is 2. The Labute approximate surface area is 82.9 Å². The van der Waals surface area contributed by atoms with Crippen molar-refractivity contribution >= 4 is 17.6 Å². The smallest absolute Gasteiger partial charge is 0.154 e. The van der Waals surface area contributed by atoms with Crippen LogP contribution in [0.25, 0.3) is 0 Å². The van der Waals surface area contributed by atoms with E-state index >= 15 is 0 Å². The molecule has 0 saturated carbocycles. The number of amidine groups is 1. The third-order valence-corrected chi connectivity index (χ3v) is 2.29. The molecule has 0 saturated heterocycles. The van der Waals surface area contributed by atoms with E-state index in [9.17, 15) is 0 Å². The summed E-state index contributed by atoms with van der Waals surface area (Å²) in [7, 11) is 1.93. The molecule has 0 aromatic heterocycles. The van der Waals surface area contributed by atoms with E-state index in [0.717, 1.165) is 16.6 Å². The van der Waals surface area contributed by atoms with Crippen LogP contribution in [0.5, 0.6) is 0 Å². The van der Waals surface area contributed by atoms with Gasteiger partial charge in [-0.25, -0.2) is 4.99 Å². The van der Waals surface area contributed by atoms with Crippen LogP contribution in [0.4, 0.5) is 0 Å². The van der Waals surface area contributed by atoms with Crippen molar-refractivity contribution in [3.8, 4) is 0 Å². The molecule has 4 heteroatoms. The highest BCUT2D eigenvalue weighted by Crippen LogP contribution is 2.10. The van der Waals surface area contributed by atoms with Crippen LogP contribution in [0, 0.1) is 0 Å². The highest BCUT2D eigenvalue weighted by Gasteiger charge is 2.10. The van der Waals surface area contributed by atoms with Gasteiger partial charge in [0, 0.05) is 19.4 Å². The lowest BCUT2D eigenvalue weighted by atomic mass is 10.3. The average molecular weight is 195 g/mol. The summed E-state index contributed by atoms with van der Waals surface area (Å²) in [5, 5.41) is 3.94. The Hall–Kier alpha value is -1.16.